The van der Waals surface area contributed by atoms with Crippen molar-refractivity contribution >= 4 is 11.6 Å². The molecule has 1 aromatic rings. The van der Waals surface area contributed by atoms with Gasteiger partial charge in [-0.3, -0.25) is 0 Å². The van der Waals surface area contributed by atoms with Gasteiger partial charge in [-0.2, -0.15) is 9.65 Å². The van der Waals surface area contributed by atoms with E-state index >= 15 is 0 Å². The van der Waals surface area contributed by atoms with Crippen molar-refractivity contribution in [2.24, 2.45) is 0 Å². The maximum Gasteiger partial charge on any atom is 0.203 e. The molecule has 0 aromatic heterocycles. The zero-order valence-corrected chi connectivity index (χ0v) is 6.36. The van der Waals surface area contributed by atoms with Crippen molar-refractivity contribution in [3.63, 3.8) is 0 Å². The number of hydrogen-bond acceptors (Lipinski definition) is 2. The summed E-state index contributed by atoms with van der Waals surface area (Å²) >= 11 is 5.26. The Hall–Kier alpha value is -1.34. The number of rotatable bonds is 0. The van der Waals surface area contributed by atoms with Crippen LogP contribution < -0.4 is 0 Å². The quantitative estimate of drug-likeness (QED) is 0.636. The standard InChI is InChI=1S/C7H2ClF2NO/c8-4-1-3(2-11)5(9)6(10)7(4)12/h1,12H. The molecule has 0 bridgehead atoms. The monoisotopic (exact) mass is 189 g/mol. The Morgan fingerprint density at radius 2 is 2.00 bits per heavy atom. The number of nitriles is 1. The number of halogens is 3. The predicted octanol–water partition coefficient (Wildman–Crippen LogP) is 2.20. The van der Waals surface area contributed by atoms with Crippen LogP contribution in [0.1, 0.15) is 5.56 Å². The molecule has 12 heavy (non-hydrogen) atoms. The lowest BCUT2D eigenvalue weighted by atomic mass is 10.2. The van der Waals surface area contributed by atoms with Gasteiger partial charge in [-0.25, -0.2) is 4.39 Å². The predicted molar refractivity (Wildman–Crippen MR) is 37.7 cm³/mol. The highest BCUT2D eigenvalue weighted by atomic mass is 35.5. The van der Waals surface area contributed by atoms with Gasteiger partial charge in [0.2, 0.25) is 5.82 Å². The molecule has 0 saturated carbocycles. The fourth-order valence-corrected chi connectivity index (χ4v) is 0.859. The summed E-state index contributed by atoms with van der Waals surface area (Å²) in [7, 11) is 0. The van der Waals surface area contributed by atoms with Gasteiger partial charge in [0.15, 0.2) is 11.6 Å². The van der Waals surface area contributed by atoms with E-state index in [1.165, 1.54) is 6.07 Å². The molecule has 2 nitrogen and oxygen atoms in total. The minimum absolute atomic E-state index is 0.384. The summed E-state index contributed by atoms with van der Waals surface area (Å²) in [5, 5.41) is 16.6. The molecule has 0 saturated heterocycles. The van der Waals surface area contributed by atoms with E-state index < -0.39 is 22.9 Å². The summed E-state index contributed by atoms with van der Waals surface area (Å²) in [5.41, 5.74) is -0.532. The maximum atomic E-state index is 12.6. The van der Waals surface area contributed by atoms with Gasteiger partial charge < -0.3 is 5.11 Å². The highest BCUT2D eigenvalue weighted by molar-refractivity contribution is 6.32. The first kappa shape index (κ1) is 8.75. The summed E-state index contributed by atoms with van der Waals surface area (Å²) in [4.78, 5) is 0. The molecular formula is C7H2ClF2NO. The van der Waals surface area contributed by atoms with E-state index in [1.807, 2.05) is 0 Å². The molecule has 1 rings (SSSR count). The molecule has 0 aliphatic heterocycles. The Morgan fingerprint density at radius 1 is 1.42 bits per heavy atom. The summed E-state index contributed by atoms with van der Waals surface area (Å²) in [5.74, 6) is -3.87. The molecule has 0 radical (unpaired) electrons. The SMILES string of the molecule is N#Cc1cc(Cl)c(O)c(F)c1F. The number of benzene rings is 1. The number of aromatic hydroxyl groups is 1. The zero-order chi connectivity index (χ0) is 9.30. The first-order valence-corrected chi connectivity index (χ1v) is 3.22. The Labute approximate surface area is 71.6 Å². The molecule has 5 heteroatoms. The topological polar surface area (TPSA) is 44.0 Å². The molecule has 0 unspecified atom stereocenters. The molecule has 1 N–H and O–H groups in total. The van der Waals surface area contributed by atoms with Crippen molar-refractivity contribution in [1.29, 1.82) is 5.26 Å². The average molecular weight is 190 g/mol. The van der Waals surface area contributed by atoms with Crippen LogP contribution in [0.25, 0.3) is 0 Å². The molecule has 0 atom stereocenters. The van der Waals surface area contributed by atoms with Gasteiger partial charge in [0, 0.05) is 0 Å². The lowest BCUT2D eigenvalue weighted by Gasteiger charge is -2.00. The van der Waals surface area contributed by atoms with Crippen LogP contribution in [-0.4, -0.2) is 5.11 Å². The second-order valence-electron chi connectivity index (χ2n) is 1.99. The molecule has 62 valence electrons. The highest BCUT2D eigenvalue weighted by Crippen LogP contribution is 2.29. The fraction of sp³-hybridized carbons (Fsp3) is 0. The summed E-state index contributed by atoms with van der Waals surface area (Å²) in [6, 6.07) is 2.25. The smallest absolute Gasteiger partial charge is 0.203 e. The van der Waals surface area contributed by atoms with Crippen LogP contribution in [0.15, 0.2) is 6.07 Å². The van der Waals surface area contributed by atoms with Crippen LogP contribution in [0.5, 0.6) is 5.75 Å². The molecule has 0 aliphatic rings. The first-order valence-electron chi connectivity index (χ1n) is 2.84. The average Bonchev–Trinajstić information content (AvgIpc) is 2.08. The number of hydrogen-bond donors (Lipinski definition) is 1. The van der Waals surface area contributed by atoms with Gasteiger partial charge in [0.05, 0.1) is 10.6 Å². The summed E-state index contributed by atoms with van der Waals surface area (Å²) in [6.45, 7) is 0. The second-order valence-corrected chi connectivity index (χ2v) is 2.40. The third-order valence-corrected chi connectivity index (χ3v) is 1.54. The van der Waals surface area contributed by atoms with E-state index in [9.17, 15) is 8.78 Å². The van der Waals surface area contributed by atoms with Crippen molar-refractivity contribution in [2.45, 2.75) is 0 Å². The van der Waals surface area contributed by atoms with Gasteiger partial charge in [0.1, 0.15) is 6.07 Å². The first-order chi connectivity index (χ1) is 5.57. The van der Waals surface area contributed by atoms with Crippen LogP contribution in [0.3, 0.4) is 0 Å². The Bertz CT molecular complexity index is 373. The van der Waals surface area contributed by atoms with Gasteiger partial charge in [0.25, 0.3) is 0 Å². The van der Waals surface area contributed by atoms with Crippen molar-refractivity contribution in [3.8, 4) is 11.8 Å². The summed E-state index contributed by atoms with van der Waals surface area (Å²) in [6.07, 6.45) is 0. The van der Waals surface area contributed by atoms with Gasteiger partial charge >= 0.3 is 0 Å². The maximum absolute atomic E-state index is 12.6. The third-order valence-electron chi connectivity index (χ3n) is 1.25. The molecular weight excluding hydrogens is 188 g/mol. The molecule has 0 heterocycles. The van der Waals surface area contributed by atoms with E-state index in [0.717, 1.165) is 6.07 Å². The second kappa shape index (κ2) is 2.95. The molecule has 0 spiro atoms. The number of nitrogens with zero attached hydrogens (tertiary/aromatic N) is 1. The van der Waals surface area contributed by atoms with E-state index in [-0.39, 0.29) is 5.02 Å². The Kier molecular flexibility index (Phi) is 2.15. The number of phenolic OH excluding ortho intramolecular Hbond substituents is 1. The van der Waals surface area contributed by atoms with Crippen LogP contribution in [0, 0.1) is 23.0 Å². The van der Waals surface area contributed by atoms with Crippen LogP contribution in [0.2, 0.25) is 5.02 Å². The van der Waals surface area contributed by atoms with Gasteiger partial charge in [-0.05, 0) is 6.07 Å². The summed E-state index contributed by atoms with van der Waals surface area (Å²) < 4.78 is 25.2. The van der Waals surface area contributed by atoms with E-state index in [4.69, 9.17) is 22.0 Å². The Balaban J connectivity index is 3.52. The molecule has 1 aromatic carbocycles. The van der Waals surface area contributed by atoms with Crippen LogP contribution in [0.4, 0.5) is 8.78 Å². The molecule has 0 aliphatic carbocycles. The van der Waals surface area contributed by atoms with Gasteiger partial charge in [-0.1, -0.05) is 11.6 Å². The lowest BCUT2D eigenvalue weighted by molar-refractivity contribution is 0.406. The van der Waals surface area contributed by atoms with Gasteiger partial charge in [-0.15, -0.1) is 0 Å². The van der Waals surface area contributed by atoms with Crippen molar-refractivity contribution in [1.82, 2.24) is 0 Å². The minimum Gasteiger partial charge on any atom is -0.504 e. The Morgan fingerprint density at radius 3 is 2.50 bits per heavy atom. The molecule has 0 fully saturated rings. The van der Waals surface area contributed by atoms with Crippen molar-refractivity contribution in [2.75, 3.05) is 0 Å². The molecule has 0 amide bonds. The van der Waals surface area contributed by atoms with Crippen LogP contribution in [-0.2, 0) is 0 Å². The van der Waals surface area contributed by atoms with Crippen molar-refractivity contribution in [3.05, 3.63) is 28.3 Å². The van der Waals surface area contributed by atoms with Crippen LogP contribution >= 0.6 is 11.6 Å². The number of phenols is 1. The lowest BCUT2D eigenvalue weighted by Crippen LogP contribution is -1.90. The van der Waals surface area contributed by atoms with E-state index in [1.54, 1.807) is 0 Å². The zero-order valence-electron chi connectivity index (χ0n) is 5.61. The van der Waals surface area contributed by atoms with E-state index in [0.29, 0.717) is 0 Å². The minimum atomic E-state index is -1.50. The largest absolute Gasteiger partial charge is 0.504 e. The normalized spacial score (nSPS) is 9.50. The van der Waals surface area contributed by atoms with Crippen molar-refractivity contribution < 1.29 is 13.9 Å². The highest BCUT2D eigenvalue weighted by Gasteiger charge is 2.16. The fourth-order valence-electron chi connectivity index (χ4n) is 0.667. The van der Waals surface area contributed by atoms with E-state index in [2.05, 4.69) is 0 Å². The third kappa shape index (κ3) is 1.19.